The fraction of sp³-hybridized carbons (Fsp3) is 0.438. The predicted octanol–water partition coefficient (Wildman–Crippen LogP) is 5.79. The number of ether oxygens (including phenoxy) is 1. The van der Waals surface area contributed by atoms with Crippen molar-refractivity contribution in [3.05, 3.63) is 79.2 Å². The number of H-pyrrole nitrogens is 1. The number of nitrogens with zero attached hydrogens (tertiary/aromatic N) is 1. The van der Waals surface area contributed by atoms with E-state index in [9.17, 15) is 19.2 Å². The van der Waals surface area contributed by atoms with Gasteiger partial charge in [0.2, 0.25) is 11.8 Å². The summed E-state index contributed by atoms with van der Waals surface area (Å²) in [5.41, 5.74) is 2.06. The Balaban J connectivity index is 1.12. The largest absolute Gasteiger partial charge is 0.489 e. The van der Waals surface area contributed by atoms with Gasteiger partial charge in [-0.15, -0.1) is 11.8 Å². The maximum absolute atomic E-state index is 13.7. The smallest absolute Gasteiger partial charge is 0.305 e. The van der Waals surface area contributed by atoms with Crippen LogP contribution in [0, 0.1) is 29.6 Å². The molecule has 7 rings (SSSR count). The van der Waals surface area contributed by atoms with Crippen molar-refractivity contribution in [2.45, 2.75) is 54.9 Å². The van der Waals surface area contributed by atoms with Crippen molar-refractivity contribution in [1.82, 2.24) is 9.88 Å². The lowest BCUT2D eigenvalue weighted by molar-refractivity contribution is -0.141. The molecule has 11 heteroatoms. The summed E-state index contributed by atoms with van der Waals surface area (Å²) in [5.74, 6) is -0.619. The highest BCUT2D eigenvalue weighted by atomic mass is 35.5. The molecule has 2 bridgehead atoms. The van der Waals surface area contributed by atoms with Gasteiger partial charge in [-0.05, 0) is 72.4 Å². The number of carboxylic acids is 1. The molecule has 6 unspecified atom stereocenters. The lowest BCUT2D eigenvalue weighted by Crippen LogP contribution is -2.42. The van der Waals surface area contributed by atoms with E-state index in [0.29, 0.717) is 37.4 Å². The summed E-state index contributed by atoms with van der Waals surface area (Å²) in [5, 5.41) is 10.6. The zero-order chi connectivity index (χ0) is 29.8. The first-order chi connectivity index (χ1) is 20.8. The van der Waals surface area contributed by atoms with Gasteiger partial charge in [-0.25, -0.2) is 0 Å². The third-order valence-corrected chi connectivity index (χ3v) is 12.4. The summed E-state index contributed by atoms with van der Waals surface area (Å²) in [6.45, 7) is 0.750. The molecule has 1 aromatic heterocycles. The lowest BCUT2D eigenvalue weighted by Gasteiger charge is -2.43. The third-order valence-electron chi connectivity index (χ3n) is 9.62. The number of benzene rings is 2. The van der Waals surface area contributed by atoms with Crippen LogP contribution in [-0.4, -0.2) is 44.6 Å². The van der Waals surface area contributed by atoms with Crippen LogP contribution in [0.4, 0.5) is 0 Å². The Morgan fingerprint density at radius 1 is 1.02 bits per heavy atom. The van der Waals surface area contributed by atoms with Crippen LogP contribution in [-0.2, 0) is 21.0 Å². The second-order valence-electron chi connectivity index (χ2n) is 12.0. The topological polar surface area (TPSA) is 117 Å². The van der Waals surface area contributed by atoms with Crippen LogP contribution in [0.3, 0.4) is 0 Å². The van der Waals surface area contributed by atoms with Crippen LogP contribution in [0.25, 0.3) is 0 Å². The number of aromatic amines is 1. The molecule has 0 radical (unpaired) electrons. The fourth-order valence-electron chi connectivity index (χ4n) is 7.96. The van der Waals surface area contributed by atoms with Gasteiger partial charge in [0.1, 0.15) is 12.4 Å². The number of aromatic nitrogens is 1. The molecule has 2 aromatic carbocycles. The minimum absolute atomic E-state index is 0.0453. The SMILES string of the molecule is O=C(O)CCCCCN1C(=O)C2C3CC(C2C1=O)C1C3Sc2[nH]c(=O)sc2[C@@H]1c1ccc(OCc2cccc(Cl)c2)cc1. The van der Waals surface area contributed by atoms with Gasteiger partial charge in [0.15, 0.2) is 0 Å². The number of amides is 2. The number of imide groups is 1. The Kier molecular flexibility index (Phi) is 7.63. The summed E-state index contributed by atoms with van der Waals surface area (Å²) in [6, 6.07) is 15.6. The molecule has 2 N–H and O–H groups in total. The first-order valence-electron chi connectivity index (χ1n) is 14.7. The number of carbonyl (C=O) groups excluding carboxylic acids is 2. The number of unbranched alkanes of at least 4 members (excludes halogenated alkanes) is 2. The highest BCUT2D eigenvalue weighted by Gasteiger charge is 2.69. The van der Waals surface area contributed by atoms with Crippen LogP contribution in [0.5, 0.6) is 5.75 Å². The molecule has 224 valence electrons. The summed E-state index contributed by atoms with van der Waals surface area (Å²) in [6.07, 6.45) is 2.77. The molecule has 3 heterocycles. The number of carbonyl (C=O) groups is 3. The van der Waals surface area contributed by atoms with Crippen LogP contribution >= 0.6 is 34.7 Å². The van der Waals surface area contributed by atoms with Crippen molar-refractivity contribution >= 4 is 52.5 Å². The molecule has 8 nitrogen and oxygen atoms in total. The minimum atomic E-state index is -0.830. The van der Waals surface area contributed by atoms with E-state index in [2.05, 4.69) is 17.1 Å². The summed E-state index contributed by atoms with van der Waals surface area (Å²) < 4.78 is 6.02. The molecule has 3 fully saturated rings. The van der Waals surface area contributed by atoms with Gasteiger partial charge >= 0.3 is 10.8 Å². The first-order valence-corrected chi connectivity index (χ1v) is 16.8. The molecule has 7 atom stereocenters. The number of halogens is 1. The van der Waals surface area contributed by atoms with E-state index in [1.165, 1.54) is 16.2 Å². The van der Waals surface area contributed by atoms with Crippen LogP contribution in [0.1, 0.15) is 54.0 Å². The number of thiazole rings is 1. The molecule has 3 aromatic rings. The normalized spacial score (nSPS) is 28.6. The van der Waals surface area contributed by atoms with E-state index in [1.54, 1.807) is 11.8 Å². The number of carboxylic acid groups (broad SMARTS) is 1. The van der Waals surface area contributed by atoms with E-state index < -0.39 is 5.97 Å². The summed E-state index contributed by atoms with van der Waals surface area (Å²) in [4.78, 5) is 56.1. The van der Waals surface area contributed by atoms with Crippen molar-refractivity contribution < 1.29 is 24.2 Å². The Labute approximate surface area is 261 Å². The number of nitrogens with one attached hydrogen (secondary N) is 1. The van der Waals surface area contributed by atoms with Gasteiger partial charge in [-0.3, -0.25) is 24.1 Å². The maximum atomic E-state index is 13.7. The van der Waals surface area contributed by atoms with E-state index in [-0.39, 0.29) is 63.9 Å². The number of thioether (sulfide) groups is 1. The van der Waals surface area contributed by atoms with Gasteiger partial charge in [0.25, 0.3) is 0 Å². The monoisotopic (exact) mass is 638 g/mol. The fourth-order valence-corrected chi connectivity index (χ4v) is 11.1. The first kappa shape index (κ1) is 28.7. The number of fused-ring (bicyclic) bond motifs is 9. The molecule has 2 aliphatic heterocycles. The zero-order valence-corrected chi connectivity index (χ0v) is 25.6. The molecule has 0 spiro atoms. The average molecular weight is 639 g/mol. The summed E-state index contributed by atoms with van der Waals surface area (Å²) in [7, 11) is 0. The van der Waals surface area contributed by atoms with Gasteiger partial charge in [0, 0.05) is 34.0 Å². The summed E-state index contributed by atoms with van der Waals surface area (Å²) >= 11 is 9.04. The van der Waals surface area contributed by atoms with Crippen molar-refractivity contribution in [2.75, 3.05) is 6.54 Å². The van der Waals surface area contributed by atoms with Crippen molar-refractivity contribution in [2.24, 2.45) is 29.6 Å². The molecule has 4 aliphatic rings. The Hall–Kier alpha value is -3.08. The van der Waals surface area contributed by atoms with Gasteiger partial charge in [-0.1, -0.05) is 53.6 Å². The quantitative estimate of drug-likeness (QED) is 0.213. The molecule has 2 saturated carbocycles. The Morgan fingerprint density at radius 2 is 1.79 bits per heavy atom. The van der Waals surface area contributed by atoms with Crippen molar-refractivity contribution in [1.29, 1.82) is 0 Å². The Bertz CT molecular complexity index is 1640. The van der Waals surface area contributed by atoms with Crippen LogP contribution < -0.4 is 9.61 Å². The second-order valence-corrected chi connectivity index (χ2v) is 14.6. The standard InChI is InChI=1S/C32H31ClN2O6S2/c33-18-6-4-5-16(13-18)15-41-19-10-8-17(9-11-19)23-24-20-14-21(27(24)42-29-28(23)43-32(40)34-29)26-25(20)30(38)35(31(26)39)12-3-1-2-7-22(36)37/h4-6,8-11,13,20-21,23-27H,1-3,7,12,14-15H2,(H,34,40)(H,36,37)/t20?,21?,23-,24?,25?,26?,27?/m1/s1. The second kappa shape index (κ2) is 11.4. The number of rotatable bonds is 10. The molecule has 1 saturated heterocycles. The van der Waals surface area contributed by atoms with Gasteiger partial charge in [-0.2, -0.15) is 0 Å². The van der Waals surface area contributed by atoms with E-state index in [0.717, 1.165) is 33.2 Å². The number of hydrogen-bond donors (Lipinski definition) is 2. The van der Waals surface area contributed by atoms with Gasteiger partial charge in [0.05, 0.1) is 16.9 Å². The Morgan fingerprint density at radius 3 is 2.53 bits per heavy atom. The minimum Gasteiger partial charge on any atom is -0.489 e. The van der Waals surface area contributed by atoms with Crippen LogP contribution in [0.2, 0.25) is 5.02 Å². The number of aliphatic carboxylic acids is 1. The molecular formula is C32H31ClN2O6S2. The average Bonchev–Trinajstić information content (AvgIpc) is 3.71. The predicted molar refractivity (Wildman–Crippen MR) is 164 cm³/mol. The molecule has 2 aliphatic carbocycles. The van der Waals surface area contributed by atoms with Gasteiger partial charge < -0.3 is 14.8 Å². The molecule has 2 amide bonds. The van der Waals surface area contributed by atoms with E-state index in [4.69, 9.17) is 21.4 Å². The van der Waals surface area contributed by atoms with E-state index in [1.807, 2.05) is 36.4 Å². The zero-order valence-electron chi connectivity index (χ0n) is 23.2. The number of likely N-dealkylation sites (tertiary alicyclic amines) is 1. The third kappa shape index (κ3) is 5.11. The highest BCUT2D eigenvalue weighted by molar-refractivity contribution is 8.00. The van der Waals surface area contributed by atoms with Crippen molar-refractivity contribution in [3.8, 4) is 5.75 Å². The molecular weight excluding hydrogens is 608 g/mol. The van der Waals surface area contributed by atoms with Crippen LogP contribution in [0.15, 0.2) is 58.4 Å². The molecule has 43 heavy (non-hydrogen) atoms. The maximum Gasteiger partial charge on any atom is 0.305 e. The highest BCUT2D eigenvalue weighted by Crippen LogP contribution is 2.68. The lowest BCUT2D eigenvalue weighted by atomic mass is 9.68. The van der Waals surface area contributed by atoms with Crippen molar-refractivity contribution in [3.63, 3.8) is 0 Å². The van der Waals surface area contributed by atoms with E-state index >= 15 is 0 Å². The number of hydrogen-bond acceptors (Lipinski definition) is 7.